The molecule has 0 radical (unpaired) electrons. The molecule has 0 unspecified atom stereocenters. The minimum Gasteiger partial charge on any atom is -0.462 e. The van der Waals surface area contributed by atoms with Crippen molar-refractivity contribution in [1.82, 2.24) is 15.1 Å². The highest BCUT2D eigenvalue weighted by Crippen LogP contribution is 2.13. The summed E-state index contributed by atoms with van der Waals surface area (Å²) in [5, 5.41) is 3.65. The molecule has 96 valence electrons. The van der Waals surface area contributed by atoms with Crippen molar-refractivity contribution in [3.63, 3.8) is 0 Å². The Hall–Kier alpha value is -2.24. The quantitative estimate of drug-likeness (QED) is 0.759. The lowest BCUT2D eigenvalue weighted by Gasteiger charge is -1.94. The van der Waals surface area contributed by atoms with Crippen LogP contribution in [0, 0.1) is 6.92 Å². The highest BCUT2D eigenvalue weighted by molar-refractivity contribution is 5.84. The van der Waals surface area contributed by atoms with Gasteiger partial charge in [0, 0.05) is 5.69 Å². The third-order valence-corrected chi connectivity index (χ3v) is 1.90. The van der Waals surface area contributed by atoms with Gasteiger partial charge in [-0.25, -0.2) is 9.78 Å². The smallest absolute Gasteiger partial charge is 0.397 e. The number of aromatic nitrogens is 3. The van der Waals surface area contributed by atoms with Crippen LogP contribution in [-0.2, 0) is 4.74 Å². The van der Waals surface area contributed by atoms with Crippen LogP contribution >= 0.6 is 0 Å². The molecule has 18 heavy (non-hydrogen) atoms. The van der Waals surface area contributed by atoms with Gasteiger partial charge >= 0.3 is 11.9 Å². The van der Waals surface area contributed by atoms with Crippen molar-refractivity contribution in [2.75, 3.05) is 7.11 Å². The van der Waals surface area contributed by atoms with E-state index < -0.39 is 5.97 Å². The zero-order valence-electron chi connectivity index (χ0n) is 10.8. The molecule has 0 bridgehead atoms. The molecule has 0 aromatic carbocycles. The maximum absolute atomic E-state index is 11.1. The van der Waals surface area contributed by atoms with Gasteiger partial charge in [-0.3, -0.25) is 0 Å². The second kappa shape index (κ2) is 6.48. The van der Waals surface area contributed by atoms with E-state index >= 15 is 0 Å². The van der Waals surface area contributed by atoms with E-state index in [-0.39, 0.29) is 11.7 Å². The predicted octanol–water partition coefficient (Wildman–Crippen LogP) is 2.25. The van der Waals surface area contributed by atoms with Gasteiger partial charge in [-0.05, 0) is 19.1 Å². The summed E-state index contributed by atoms with van der Waals surface area (Å²) in [6, 6.07) is 5.41. The third-order valence-electron chi connectivity index (χ3n) is 1.90. The van der Waals surface area contributed by atoms with Gasteiger partial charge in [0.05, 0.1) is 7.11 Å². The minimum atomic E-state index is -0.661. The minimum absolute atomic E-state index is 0.180. The SMILES string of the molecule is CC.COC(=O)c1nc(-c2cccc(C)n2)no1. The predicted molar refractivity (Wildman–Crippen MR) is 65.0 cm³/mol. The highest BCUT2D eigenvalue weighted by Gasteiger charge is 2.16. The molecule has 0 spiro atoms. The van der Waals surface area contributed by atoms with Crippen molar-refractivity contribution in [1.29, 1.82) is 0 Å². The number of carbonyl (C=O) groups is 1. The molecule has 0 fully saturated rings. The normalized spacial score (nSPS) is 9.33. The summed E-state index contributed by atoms with van der Waals surface area (Å²) in [5.74, 6) is -0.573. The number of aryl methyl sites for hydroxylation is 1. The maximum Gasteiger partial charge on any atom is 0.397 e. The van der Waals surface area contributed by atoms with Crippen LogP contribution in [0.25, 0.3) is 11.5 Å². The van der Waals surface area contributed by atoms with E-state index in [0.717, 1.165) is 5.69 Å². The second-order valence-corrected chi connectivity index (χ2v) is 3.08. The van der Waals surface area contributed by atoms with Crippen molar-refractivity contribution in [3.05, 3.63) is 29.8 Å². The molecule has 2 aromatic heterocycles. The van der Waals surface area contributed by atoms with Gasteiger partial charge in [0.1, 0.15) is 5.69 Å². The Morgan fingerprint density at radius 1 is 1.28 bits per heavy atom. The lowest BCUT2D eigenvalue weighted by molar-refractivity contribution is 0.0545. The molecule has 0 saturated carbocycles. The Balaban J connectivity index is 0.000000771. The summed E-state index contributed by atoms with van der Waals surface area (Å²) < 4.78 is 9.19. The second-order valence-electron chi connectivity index (χ2n) is 3.08. The number of ether oxygens (including phenoxy) is 1. The first-order valence-electron chi connectivity index (χ1n) is 5.57. The maximum atomic E-state index is 11.1. The van der Waals surface area contributed by atoms with Gasteiger partial charge in [0.25, 0.3) is 0 Å². The average Bonchev–Trinajstić information content (AvgIpc) is 2.90. The van der Waals surface area contributed by atoms with Gasteiger partial charge in [-0.2, -0.15) is 4.98 Å². The van der Waals surface area contributed by atoms with Crippen LogP contribution in [0.5, 0.6) is 0 Å². The van der Waals surface area contributed by atoms with E-state index in [2.05, 4.69) is 19.9 Å². The van der Waals surface area contributed by atoms with Gasteiger partial charge in [-0.1, -0.05) is 25.1 Å². The zero-order chi connectivity index (χ0) is 13.5. The number of pyridine rings is 1. The van der Waals surface area contributed by atoms with Gasteiger partial charge in [-0.15, -0.1) is 0 Å². The largest absolute Gasteiger partial charge is 0.462 e. The van der Waals surface area contributed by atoms with E-state index in [9.17, 15) is 4.79 Å². The molecule has 2 rings (SSSR count). The number of hydrogen-bond donors (Lipinski definition) is 0. The van der Waals surface area contributed by atoms with Crippen LogP contribution in [0.2, 0.25) is 0 Å². The third kappa shape index (κ3) is 3.13. The lowest BCUT2D eigenvalue weighted by atomic mass is 10.3. The Labute approximate surface area is 105 Å². The topological polar surface area (TPSA) is 78.1 Å². The van der Waals surface area contributed by atoms with Crippen molar-refractivity contribution >= 4 is 5.97 Å². The van der Waals surface area contributed by atoms with Crippen molar-refractivity contribution in [3.8, 4) is 11.5 Å². The number of methoxy groups -OCH3 is 1. The van der Waals surface area contributed by atoms with E-state index in [4.69, 9.17) is 4.52 Å². The first-order valence-corrected chi connectivity index (χ1v) is 5.57. The number of hydrogen-bond acceptors (Lipinski definition) is 6. The number of rotatable bonds is 2. The zero-order valence-corrected chi connectivity index (χ0v) is 10.8. The van der Waals surface area contributed by atoms with E-state index in [0.29, 0.717) is 5.69 Å². The summed E-state index contributed by atoms with van der Waals surface area (Å²) in [7, 11) is 1.25. The molecule has 0 amide bonds. The molecule has 0 saturated heterocycles. The average molecular weight is 249 g/mol. The van der Waals surface area contributed by atoms with Crippen molar-refractivity contribution in [2.45, 2.75) is 20.8 Å². The Morgan fingerprint density at radius 3 is 2.61 bits per heavy atom. The standard InChI is InChI=1S/C10H9N3O3.C2H6/c1-6-4-3-5-7(11-6)8-12-9(16-13-8)10(14)15-2;1-2/h3-5H,1-2H3;1-2H3. The fraction of sp³-hybridized carbons (Fsp3) is 0.333. The molecule has 0 aliphatic rings. The fourth-order valence-electron chi connectivity index (χ4n) is 1.17. The van der Waals surface area contributed by atoms with Crippen LogP contribution in [0.1, 0.15) is 30.2 Å². The first-order chi connectivity index (χ1) is 8.70. The van der Waals surface area contributed by atoms with Gasteiger partial charge in [0.15, 0.2) is 0 Å². The van der Waals surface area contributed by atoms with Crippen LogP contribution in [0.3, 0.4) is 0 Å². The van der Waals surface area contributed by atoms with Crippen LogP contribution in [-0.4, -0.2) is 28.2 Å². The van der Waals surface area contributed by atoms with E-state index in [1.165, 1.54) is 7.11 Å². The van der Waals surface area contributed by atoms with E-state index in [1.54, 1.807) is 6.07 Å². The van der Waals surface area contributed by atoms with Crippen molar-refractivity contribution in [2.24, 2.45) is 0 Å². The molecule has 6 nitrogen and oxygen atoms in total. The number of esters is 1. The van der Waals surface area contributed by atoms with Gasteiger partial charge in [0.2, 0.25) is 5.82 Å². The number of carbonyl (C=O) groups excluding carboxylic acids is 1. The molecule has 6 heteroatoms. The monoisotopic (exact) mass is 249 g/mol. The fourth-order valence-corrected chi connectivity index (χ4v) is 1.17. The van der Waals surface area contributed by atoms with Crippen LogP contribution < -0.4 is 0 Å². The van der Waals surface area contributed by atoms with Crippen molar-refractivity contribution < 1.29 is 14.1 Å². The van der Waals surface area contributed by atoms with Crippen LogP contribution in [0.15, 0.2) is 22.7 Å². The summed E-state index contributed by atoms with van der Waals surface area (Å²) in [6.07, 6.45) is 0. The molecule has 0 atom stereocenters. The summed E-state index contributed by atoms with van der Waals surface area (Å²) in [4.78, 5) is 19.2. The first kappa shape index (κ1) is 13.8. The van der Waals surface area contributed by atoms with E-state index in [1.807, 2.05) is 32.9 Å². The molecule has 2 aromatic rings. The molecular weight excluding hydrogens is 234 g/mol. The Kier molecular flexibility index (Phi) is 4.98. The number of nitrogens with zero attached hydrogens (tertiary/aromatic N) is 3. The lowest BCUT2D eigenvalue weighted by Crippen LogP contribution is -2.01. The molecule has 2 heterocycles. The molecular formula is C12H15N3O3. The molecule has 0 aliphatic carbocycles. The van der Waals surface area contributed by atoms with Gasteiger partial charge < -0.3 is 9.26 Å². The molecule has 0 aliphatic heterocycles. The summed E-state index contributed by atoms with van der Waals surface area (Å²) in [5.41, 5.74) is 1.39. The summed E-state index contributed by atoms with van der Waals surface area (Å²) in [6.45, 7) is 5.85. The summed E-state index contributed by atoms with van der Waals surface area (Å²) >= 11 is 0. The highest BCUT2D eigenvalue weighted by atomic mass is 16.6. The Bertz CT molecular complexity index is 523. The molecule has 0 N–H and O–H groups in total. The Morgan fingerprint density at radius 2 is 2.00 bits per heavy atom. The van der Waals surface area contributed by atoms with Crippen LogP contribution in [0.4, 0.5) is 0 Å².